The third-order valence-corrected chi connectivity index (χ3v) is 4.13. The van der Waals surface area contributed by atoms with Crippen LogP contribution in [0.5, 0.6) is 0 Å². The number of carbonyl (C=O) groups is 2. The molecule has 1 saturated heterocycles. The van der Waals surface area contributed by atoms with Crippen LogP contribution in [0.3, 0.4) is 0 Å². The van der Waals surface area contributed by atoms with Crippen molar-refractivity contribution in [1.29, 1.82) is 0 Å². The molecule has 1 fully saturated rings. The third-order valence-electron chi connectivity index (χ3n) is 4.13. The van der Waals surface area contributed by atoms with Gasteiger partial charge in [0.25, 0.3) is 0 Å². The molecule has 2 amide bonds. The third kappa shape index (κ3) is 4.53. The Kier molecular flexibility index (Phi) is 6.12. The van der Waals surface area contributed by atoms with Crippen LogP contribution in [0.25, 0.3) is 0 Å². The number of aliphatic hydroxyl groups is 1. The smallest absolute Gasteiger partial charge is 0.246 e. The summed E-state index contributed by atoms with van der Waals surface area (Å²) in [5, 5.41) is 15.9. The molecule has 23 heavy (non-hydrogen) atoms. The second kappa shape index (κ2) is 8.08. The number of ether oxygens (including phenoxy) is 1. The van der Waals surface area contributed by atoms with E-state index in [4.69, 9.17) is 4.74 Å². The number of amides is 2. The summed E-state index contributed by atoms with van der Waals surface area (Å²) >= 11 is 0. The number of rotatable bonds is 6. The largest absolute Gasteiger partial charge is 0.386 e. The van der Waals surface area contributed by atoms with E-state index in [0.29, 0.717) is 11.3 Å². The first-order valence-electron chi connectivity index (χ1n) is 8.01. The minimum Gasteiger partial charge on any atom is -0.386 e. The van der Waals surface area contributed by atoms with E-state index in [1.165, 1.54) is 0 Å². The number of hydrogen-bond donors (Lipinski definition) is 3. The monoisotopic (exact) mass is 320 g/mol. The summed E-state index contributed by atoms with van der Waals surface area (Å²) in [4.78, 5) is 23.4. The molecule has 1 aliphatic heterocycles. The highest BCUT2D eigenvalue weighted by atomic mass is 16.5. The maximum atomic E-state index is 12.1. The zero-order valence-corrected chi connectivity index (χ0v) is 13.5. The van der Waals surface area contributed by atoms with Crippen molar-refractivity contribution in [3.63, 3.8) is 0 Å². The highest BCUT2D eigenvalue weighted by molar-refractivity contribution is 5.92. The molecular weight excluding hydrogens is 296 g/mol. The van der Waals surface area contributed by atoms with E-state index in [0.717, 1.165) is 12.8 Å². The highest BCUT2D eigenvalue weighted by Gasteiger charge is 2.26. The Morgan fingerprint density at radius 2 is 2.00 bits per heavy atom. The van der Waals surface area contributed by atoms with Crippen molar-refractivity contribution >= 4 is 17.5 Å². The van der Waals surface area contributed by atoms with Gasteiger partial charge in [0.2, 0.25) is 11.8 Å². The van der Waals surface area contributed by atoms with Crippen molar-refractivity contribution in [2.75, 3.05) is 18.5 Å². The molecule has 0 spiro atoms. The minimum atomic E-state index is -0.844. The Morgan fingerprint density at radius 3 is 2.57 bits per heavy atom. The normalized spacial score (nSPS) is 19.3. The first-order valence-corrected chi connectivity index (χ1v) is 8.01. The number of anilines is 1. The number of benzene rings is 1. The van der Waals surface area contributed by atoms with Gasteiger partial charge in [-0.05, 0) is 30.5 Å². The molecule has 1 aromatic rings. The van der Waals surface area contributed by atoms with E-state index in [9.17, 15) is 14.7 Å². The van der Waals surface area contributed by atoms with Crippen molar-refractivity contribution in [3.05, 3.63) is 29.8 Å². The van der Waals surface area contributed by atoms with Gasteiger partial charge in [-0.2, -0.15) is 0 Å². The quantitative estimate of drug-likeness (QED) is 0.743. The number of morpholine rings is 1. The average Bonchev–Trinajstić information content (AvgIpc) is 2.56. The van der Waals surface area contributed by atoms with Gasteiger partial charge in [-0.25, -0.2) is 0 Å². The summed E-state index contributed by atoms with van der Waals surface area (Å²) in [5.74, 6) is -0.208. The van der Waals surface area contributed by atoms with Crippen LogP contribution >= 0.6 is 0 Å². The number of aliphatic hydroxyl groups excluding tert-OH is 1. The standard InChI is InChI=1S/C17H24N2O4/c1-3-11(4-2)17(22)18-13-7-5-12(6-8-13)16(21)14-9-23-10-15(20)19-14/h5-8,11,14,16,21H,3-4,9-10H2,1-2H3,(H,18,22)(H,19,20). The Bertz CT molecular complexity index is 540. The number of carbonyl (C=O) groups excluding carboxylic acids is 2. The van der Waals surface area contributed by atoms with Crippen LogP contribution in [0.15, 0.2) is 24.3 Å². The fourth-order valence-electron chi connectivity index (χ4n) is 2.64. The molecule has 0 aromatic heterocycles. The maximum absolute atomic E-state index is 12.1. The van der Waals surface area contributed by atoms with Gasteiger partial charge in [-0.3, -0.25) is 9.59 Å². The van der Waals surface area contributed by atoms with Crippen molar-refractivity contribution < 1.29 is 19.4 Å². The fraction of sp³-hybridized carbons (Fsp3) is 0.529. The van der Waals surface area contributed by atoms with E-state index >= 15 is 0 Å². The zero-order chi connectivity index (χ0) is 16.8. The van der Waals surface area contributed by atoms with Gasteiger partial charge >= 0.3 is 0 Å². The Hall–Kier alpha value is -1.92. The maximum Gasteiger partial charge on any atom is 0.246 e. The lowest BCUT2D eigenvalue weighted by Gasteiger charge is -2.28. The predicted octanol–water partition coefficient (Wildman–Crippen LogP) is 1.61. The second-order valence-corrected chi connectivity index (χ2v) is 5.76. The fourth-order valence-corrected chi connectivity index (χ4v) is 2.64. The van der Waals surface area contributed by atoms with E-state index in [2.05, 4.69) is 10.6 Å². The molecule has 0 bridgehead atoms. The average molecular weight is 320 g/mol. The van der Waals surface area contributed by atoms with Crippen LogP contribution in [0.1, 0.15) is 38.4 Å². The molecule has 1 aliphatic rings. The zero-order valence-electron chi connectivity index (χ0n) is 13.5. The summed E-state index contributed by atoms with van der Waals surface area (Å²) < 4.78 is 5.14. The molecule has 126 valence electrons. The lowest BCUT2D eigenvalue weighted by molar-refractivity contribution is -0.133. The molecule has 6 nitrogen and oxygen atoms in total. The van der Waals surface area contributed by atoms with Gasteiger partial charge in [0, 0.05) is 11.6 Å². The van der Waals surface area contributed by atoms with Gasteiger partial charge in [-0.15, -0.1) is 0 Å². The molecule has 1 aromatic carbocycles. The lowest BCUT2D eigenvalue weighted by Crippen LogP contribution is -2.48. The molecule has 0 saturated carbocycles. The minimum absolute atomic E-state index is 0.00914. The highest BCUT2D eigenvalue weighted by Crippen LogP contribution is 2.21. The summed E-state index contributed by atoms with van der Waals surface area (Å²) in [6.45, 7) is 4.30. The van der Waals surface area contributed by atoms with Crippen LogP contribution in [-0.4, -0.2) is 36.2 Å². The van der Waals surface area contributed by atoms with Gasteiger partial charge < -0.3 is 20.5 Å². The van der Waals surface area contributed by atoms with Crippen LogP contribution in [0.2, 0.25) is 0 Å². The molecule has 0 radical (unpaired) electrons. The van der Waals surface area contributed by atoms with Crippen LogP contribution in [-0.2, 0) is 14.3 Å². The van der Waals surface area contributed by atoms with Gasteiger partial charge in [0.1, 0.15) is 12.7 Å². The van der Waals surface area contributed by atoms with Gasteiger partial charge in [-0.1, -0.05) is 26.0 Å². The Labute approximate surface area is 136 Å². The van der Waals surface area contributed by atoms with Crippen molar-refractivity contribution in [1.82, 2.24) is 5.32 Å². The molecule has 3 N–H and O–H groups in total. The van der Waals surface area contributed by atoms with E-state index in [1.54, 1.807) is 24.3 Å². The molecule has 0 aliphatic carbocycles. The molecule has 1 heterocycles. The van der Waals surface area contributed by atoms with E-state index in [1.807, 2.05) is 13.8 Å². The van der Waals surface area contributed by atoms with Crippen molar-refractivity contribution in [2.45, 2.75) is 38.8 Å². The summed E-state index contributed by atoms with van der Waals surface area (Å²) in [6, 6.07) is 6.54. The first-order chi connectivity index (χ1) is 11.0. The Morgan fingerprint density at radius 1 is 1.35 bits per heavy atom. The van der Waals surface area contributed by atoms with E-state index in [-0.39, 0.29) is 30.9 Å². The molecule has 2 rings (SSSR count). The summed E-state index contributed by atoms with van der Waals surface area (Å²) in [5.41, 5.74) is 1.36. The van der Waals surface area contributed by atoms with Crippen LogP contribution in [0.4, 0.5) is 5.69 Å². The lowest BCUT2D eigenvalue weighted by atomic mass is 10.0. The Balaban J connectivity index is 1.98. The molecule has 2 unspecified atom stereocenters. The van der Waals surface area contributed by atoms with Crippen molar-refractivity contribution in [2.24, 2.45) is 5.92 Å². The molecular formula is C17H24N2O4. The second-order valence-electron chi connectivity index (χ2n) is 5.76. The predicted molar refractivity (Wildman–Crippen MR) is 86.9 cm³/mol. The summed E-state index contributed by atoms with van der Waals surface area (Å²) in [6.07, 6.45) is 0.768. The van der Waals surface area contributed by atoms with E-state index < -0.39 is 12.1 Å². The SMILES string of the molecule is CCC(CC)C(=O)Nc1ccc(C(O)C2COCC(=O)N2)cc1. The summed E-state index contributed by atoms with van der Waals surface area (Å²) in [7, 11) is 0. The van der Waals surface area contributed by atoms with Gasteiger partial charge in [0.15, 0.2) is 0 Å². The van der Waals surface area contributed by atoms with Crippen molar-refractivity contribution in [3.8, 4) is 0 Å². The molecule has 6 heteroatoms. The number of hydrogen-bond acceptors (Lipinski definition) is 4. The topological polar surface area (TPSA) is 87.7 Å². The first kappa shape index (κ1) is 17.4. The molecule has 2 atom stereocenters. The van der Waals surface area contributed by atoms with Crippen LogP contribution < -0.4 is 10.6 Å². The van der Waals surface area contributed by atoms with Gasteiger partial charge in [0.05, 0.1) is 12.6 Å². The van der Waals surface area contributed by atoms with Crippen LogP contribution in [0, 0.1) is 5.92 Å². The number of nitrogens with one attached hydrogen (secondary N) is 2.